The zero-order chi connectivity index (χ0) is 12.3. The van der Waals surface area contributed by atoms with Crippen LogP contribution >= 0.6 is 11.3 Å². The van der Waals surface area contributed by atoms with Crippen molar-refractivity contribution in [3.8, 4) is 0 Å². The first-order valence-electron chi connectivity index (χ1n) is 5.20. The van der Waals surface area contributed by atoms with Gasteiger partial charge in [0.2, 0.25) is 0 Å². The van der Waals surface area contributed by atoms with Crippen LogP contribution in [0.4, 0.5) is 0 Å². The molecule has 1 unspecified atom stereocenters. The SMILES string of the molecule is COCCN=C1NC(=O)C(C)(c2nccs2)N1. The summed E-state index contributed by atoms with van der Waals surface area (Å²) in [6.07, 6.45) is 1.68. The second-order valence-electron chi connectivity index (χ2n) is 3.76. The Hall–Kier alpha value is -1.47. The summed E-state index contributed by atoms with van der Waals surface area (Å²) in [5.74, 6) is 0.341. The van der Waals surface area contributed by atoms with Crippen molar-refractivity contribution in [2.24, 2.45) is 4.99 Å². The number of aliphatic imine (C=N–C) groups is 1. The predicted octanol–water partition coefficient (Wildman–Crippen LogP) is 0.0801. The van der Waals surface area contributed by atoms with E-state index in [9.17, 15) is 4.79 Å². The molecule has 1 aliphatic rings. The third-order valence-corrected chi connectivity index (χ3v) is 3.47. The predicted molar refractivity (Wildman–Crippen MR) is 64.9 cm³/mol. The van der Waals surface area contributed by atoms with Gasteiger partial charge in [0.05, 0.1) is 13.2 Å². The lowest BCUT2D eigenvalue weighted by Crippen LogP contribution is -2.40. The van der Waals surface area contributed by atoms with E-state index in [1.54, 1.807) is 20.2 Å². The second-order valence-corrected chi connectivity index (χ2v) is 4.66. The van der Waals surface area contributed by atoms with E-state index in [0.29, 0.717) is 19.1 Å². The quantitative estimate of drug-likeness (QED) is 0.746. The van der Waals surface area contributed by atoms with E-state index in [1.165, 1.54) is 11.3 Å². The van der Waals surface area contributed by atoms with Crippen LogP contribution in [-0.4, -0.2) is 37.1 Å². The van der Waals surface area contributed by atoms with Crippen LogP contribution in [0.5, 0.6) is 0 Å². The first kappa shape index (κ1) is 12.0. The Labute approximate surface area is 103 Å². The maximum absolute atomic E-state index is 11.9. The number of ether oxygens (including phenoxy) is 1. The first-order valence-corrected chi connectivity index (χ1v) is 6.08. The molecule has 2 N–H and O–H groups in total. The van der Waals surface area contributed by atoms with Crippen molar-refractivity contribution in [2.75, 3.05) is 20.3 Å². The molecule has 0 radical (unpaired) electrons. The Kier molecular flexibility index (Phi) is 3.39. The van der Waals surface area contributed by atoms with Crippen molar-refractivity contribution in [1.29, 1.82) is 0 Å². The number of nitrogens with one attached hydrogen (secondary N) is 2. The lowest BCUT2D eigenvalue weighted by atomic mass is 10.1. The minimum Gasteiger partial charge on any atom is -0.383 e. The number of amides is 1. The highest BCUT2D eigenvalue weighted by Crippen LogP contribution is 2.25. The molecule has 1 aromatic rings. The summed E-state index contributed by atoms with van der Waals surface area (Å²) in [7, 11) is 1.61. The van der Waals surface area contributed by atoms with Gasteiger partial charge in [0.15, 0.2) is 11.5 Å². The van der Waals surface area contributed by atoms with Crippen LogP contribution in [0.25, 0.3) is 0 Å². The van der Waals surface area contributed by atoms with Gasteiger partial charge in [-0.1, -0.05) is 0 Å². The Morgan fingerprint density at radius 3 is 3.12 bits per heavy atom. The Balaban J connectivity index is 2.12. The Morgan fingerprint density at radius 2 is 2.47 bits per heavy atom. The van der Waals surface area contributed by atoms with Crippen molar-refractivity contribution in [2.45, 2.75) is 12.5 Å². The van der Waals surface area contributed by atoms with Gasteiger partial charge in [-0.05, 0) is 6.92 Å². The molecule has 1 amide bonds. The monoisotopic (exact) mass is 254 g/mol. The fourth-order valence-electron chi connectivity index (χ4n) is 1.51. The van der Waals surface area contributed by atoms with Crippen LogP contribution in [-0.2, 0) is 15.1 Å². The van der Waals surface area contributed by atoms with Crippen molar-refractivity contribution in [3.63, 3.8) is 0 Å². The largest absolute Gasteiger partial charge is 0.383 e. The van der Waals surface area contributed by atoms with E-state index in [0.717, 1.165) is 5.01 Å². The van der Waals surface area contributed by atoms with E-state index in [2.05, 4.69) is 20.6 Å². The average Bonchev–Trinajstić information content (AvgIpc) is 2.90. The van der Waals surface area contributed by atoms with E-state index in [1.807, 2.05) is 5.38 Å². The number of aromatic nitrogens is 1. The van der Waals surface area contributed by atoms with Gasteiger partial charge >= 0.3 is 0 Å². The van der Waals surface area contributed by atoms with Crippen LogP contribution < -0.4 is 10.6 Å². The Bertz CT molecular complexity index is 432. The highest BCUT2D eigenvalue weighted by molar-refractivity contribution is 7.09. The summed E-state index contributed by atoms with van der Waals surface area (Å²) in [5, 5.41) is 8.33. The average molecular weight is 254 g/mol. The lowest BCUT2D eigenvalue weighted by molar-refractivity contribution is -0.123. The van der Waals surface area contributed by atoms with E-state index < -0.39 is 5.54 Å². The standard InChI is InChI=1S/C10H14N4O2S/c1-10(8-11-4-6-17-8)7(15)13-9(14-10)12-3-5-16-2/h4,6H,3,5H2,1-2H3,(H2,12,13,14,15). The molecule has 0 saturated carbocycles. The fraction of sp³-hybridized carbons (Fsp3) is 0.500. The van der Waals surface area contributed by atoms with Gasteiger partial charge in [0.1, 0.15) is 5.01 Å². The van der Waals surface area contributed by atoms with Crippen LogP contribution in [0.2, 0.25) is 0 Å². The summed E-state index contributed by atoms with van der Waals surface area (Å²) in [5.41, 5.74) is -0.819. The van der Waals surface area contributed by atoms with Crippen LogP contribution in [0, 0.1) is 0 Å². The Morgan fingerprint density at radius 1 is 1.65 bits per heavy atom. The number of hydrogen-bond acceptors (Lipinski definition) is 5. The van der Waals surface area contributed by atoms with Gasteiger partial charge in [-0.3, -0.25) is 15.1 Å². The summed E-state index contributed by atoms with van der Waals surface area (Å²) in [6.45, 7) is 2.82. The molecule has 92 valence electrons. The topological polar surface area (TPSA) is 75.6 Å². The summed E-state index contributed by atoms with van der Waals surface area (Å²) < 4.78 is 4.89. The number of methoxy groups -OCH3 is 1. The molecule has 0 aliphatic carbocycles. The number of rotatable bonds is 4. The number of hydrogen-bond donors (Lipinski definition) is 2. The normalized spacial score (nSPS) is 26.0. The van der Waals surface area contributed by atoms with Gasteiger partial charge < -0.3 is 10.1 Å². The molecule has 6 nitrogen and oxygen atoms in total. The van der Waals surface area contributed by atoms with Crippen molar-refractivity contribution >= 4 is 23.2 Å². The molecular formula is C10H14N4O2S. The molecule has 0 spiro atoms. The zero-order valence-corrected chi connectivity index (χ0v) is 10.5. The molecule has 1 aromatic heterocycles. The van der Waals surface area contributed by atoms with Gasteiger partial charge in [-0.2, -0.15) is 0 Å². The van der Waals surface area contributed by atoms with Gasteiger partial charge in [0.25, 0.3) is 5.91 Å². The lowest BCUT2D eigenvalue weighted by Gasteiger charge is -2.17. The number of nitrogens with zero attached hydrogens (tertiary/aromatic N) is 2. The smallest absolute Gasteiger partial charge is 0.259 e. The van der Waals surface area contributed by atoms with Gasteiger partial charge in [-0.15, -0.1) is 11.3 Å². The number of carbonyl (C=O) groups excluding carboxylic acids is 1. The first-order chi connectivity index (χ1) is 8.16. The molecule has 1 atom stereocenters. The fourth-order valence-corrected chi connectivity index (χ4v) is 2.26. The molecule has 0 bridgehead atoms. The van der Waals surface area contributed by atoms with Crippen molar-refractivity contribution < 1.29 is 9.53 Å². The molecule has 2 heterocycles. The van der Waals surface area contributed by atoms with Gasteiger partial charge in [-0.25, -0.2) is 4.98 Å². The molecule has 1 fully saturated rings. The summed E-state index contributed by atoms with van der Waals surface area (Å²) in [6, 6.07) is 0. The van der Waals surface area contributed by atoms with Crippen LogP contribution in [0.3, 0.4) is 0 Å². The maximum atomic E-state index is 11.9. The number of carbonyl (C=O) groups is 1. The third kappa shape index (κ3) is 2.29. The highest BCUT2D eigenvalue weighted by atomic mass is 32.1. The number of thiazole rings is 1. The number of guanidine groups is 1. The van der Waals surface area contributed by atoms with Gasteiger partial charge in [0, 0.05) is 18.7 Å². The summed E-state index contributed by atoms with van der Waals surface area (Å²) in [4.78, 5) is 20.3. The minimum atomic E-state index is -0.819. The van der Waals surface area contributed by atoms with E-state index in [4.69, 9.17) is 4.74 Å². The molecule has 17 heavy (non-hydrogen) atoms. The minimum absolute atomic E-state index is 0.136. The molecule has 0 aromatic carbocycles. The van der Waals surface area contributed by atoms with Crippen molar-refractivity contribution in [3.05, 3.63) is 16.6 Å². The molecule has 1 aliphatic heterocycles. The molecule has 1 saturated heterocycles. The van der Waals surface area contributed by atoms with Crippen LogP contribution in [0.15, 0.2) is 16.6 Å². The zero-order valence-electron chi connectivity index (χ0n) is 9.69. The molecular weight excluding hydrogens is 240 g/mol. The third-order valence-electron chi connectivity index (χ3n) is 2.48. The van der Waals surface area contributed by atoms with Crippen molar-refractivity contribution in [1.82, 2.24) is 15.6 Å². The molecule has 7 heteroatoms. The maximum Gasteiger partial charge on any atom is 0.259 e. The highest BCUT2D eigenvalue weighted by Gasteiger charge is 2.44. The second kappa shape index (κ2) is 4.80. The van der Waals surface area contributed by atoms with E-state index >= 15 is 0 Å². The molecule has 2 rings (SSSR count). The van der Waals surface area contributed by atoms with Crippen LogP contribution in [0.1, 0.15) is 11.9 Å². The summed E-state index contributed by atoms with van der Waals surface area (Å²) >= 11 is 1.44. The van der Waals surface area contributed by atoms with E-state index in [-0.39, 0.29) is 5.91 Å².